The average Bonchev–Trinajstić information content (AvgIpc) is 2.41. The molecule has 1 aromatic rings. The number of amides is 1. The van der Waals surface area contributed by atoms with E-state index >= 15 is 0 Å². The summed E-state index contributed by atoms with van der Waals surface area (Å²) in [7, 11) is 0. The Morgan fingerprint density at radius 2 is 2.30 bits per heavy atom. The number of ether oxygens (including phenoxy) is 1. The van der Waals surface area contributed by atoms with E-state index in [1.54, 1.807) is 6.07 Å². The molecule has 0 atom stereocenters. The first-order chi connectivity index (χ1) is 9.47. The molecule has 0 bridgehead atoms. The molecule has 1 amide bonds. The van der Waals surface area contributed by atoms with Crippen LogP contribution in [0.3, 0.4) is 0 Å². The molecule has 0 saturated carbocycles. The van der Waals surface area contributed by atoms with Gasteiger partial charge in [0, 0.05) is 19.3 Å². The SMILES string of the molecule is N=C(OC(=N)N1CCNC(=O)C1)c1cnc(N)c(Br)c1. The number of nitrogens with two attached hydrogens (primary N) is 1. The minimum Gasteiger partial charge on any atom is -0.407 e. The summed E-state index contributed by atoms with van der Waals surface area (Å²) < 4.78 is 5.68. The number of rotatable bonds is 1. The molecule has 2 heterocycles. The zero-order valence-corrected chi connectivity index (χ0v) is 12.0. The Bertz CT molecular complexity index is 576. The summed E-state index contributed by atoms with van der Waals surface area (Å²) in [5.41, 5.74) is 5.94. The molecule has 5 N–H and O–H groups in total. The Labute approximate surface area is 123 Å². The number of anilines is 1. The lowest BCUT2D eigenvalue weighted by molar-refractivity contribution is -0.123. The van der Waals surface area contributed by atoms with Crippen molar-refractivity contribution in [2.24, 2.45) is 0 Å². The zero-order valence-electron chi connectivity index (χ0n) is 10.4. The van der Waals surface area contributed by atoms with Crippen LogP contribution < -0.4 is 11.1 Å². The lowest BCUT2D eigenvalue weighted by atomic mass is 10.3. The number of nitrogens with one attached hydrogen (secondary N) is 3. The minimum atomic E-state index is -0.238. The molecule has 1 saturated heterocycles. The van der Waals surface area contributed by atoms with Crippen LogP contribution in [0.2, 0.25) is 0 Å². The van der Waals surface area contributed by atoms with E-state index in [0.717, 1.165) is 0 Å². The summed E-state index contributed by atoms with van der Waals surface area (Å²) >= 11 is 3.21. The molecule has 1 fully saturated rings. The topological polar surface area (TPSA) is 128 Å². The van der Waals surface area contributed by atoms with Gasteiger partial charge in [-0.15, -0.1) is 0 Å². The van der Waals surface area contributed by atoms with Crippen LogP contribution in [-0.2, 0) is 9.53 Å². The Morgan fingerprint density at radius 1 is 1.55 bits per heavy atom. The Hall–Kier alpha value is -2.16. The summed E-state index contributed by atoms with van der Waals surface area (Å²) in [6.45, 7) is 0.976. The second-order valence-electron chi connectivity index (χ2n) is 4.10. The smallest absolute Gasteiger partial charge is 0.291 e. The monoisotopic (exact) mass is 340 g/mol. The Morgan fingerprint density at radius 3 is 2.95 bits per heavy atom. The van der Waals surface area contributed by atoms with E-state index in [0.29, 0.717) is 28.9 Å². The van der Waals surface area contributed by atoms with Crippen LogP contribution in [0.1, 0.15) is 5.56 Å². The normalized spacial score (nSPS) is 14.7. The zero-order chi connectivity index (χ0) is 14.7. The fraction of sp³-hybridized carbons (Fsp3) is 0.273. The Kier molecular flexibility index (Phi) is 4.18. The average molecular weight is 341 g/mol. The number of halogens is 1. The van der Waals surface area contributed by atoms with Crippen LogP contribution in [-0.4, -0.2) is 47.3 Å². The van der Waals surface area contributed by atoms with E-state index in [2.05, 4.69) is 26.2 Å². The first-order valence-corrected chi connectivity index (χ1v) is 6.54. The quantitative estimate of drug-likeness (QED) is 0.427. The van der Waals surface area contributed by atoms with Gasteiger partial charge < -0.3 is 20.7 Å². The second kappa shape index (κ2) is 5.87. The van der Waals surface area contributed by atoms with Crippen molar-refractivity contribution >= 4 is 39.6 Å². The highest BCUT2D eigenvalue weighted by Gasteiger charge is 2.21. The first-order valence-electron chi connectivity index (χ1n) is 5.75. The largest absolute Gasteiger partial charge is 0.407 e. The van der Waals surface area contributed by atoms with E-state index < -0.39 is 0 Å². The highest BCUT2D eigenvalue weighted by Crippen LogP contribution is 2.18. The Balaban J connectivity index is 2.01. The molecule has 0 aromatic carbocycles. The van der Waals surface area contributed by atoms with Crippen molar-refractivity contribution in [1.29, 1.82) is 10.8 Å². The molecule has 2 rings (SSSR count). The number of carbonyl (C=O) groups is 1. The molecule has 106 valence electrons. The summed E-state index contributed by atoms with van der Waals surface area (Å²) in [5.74, 6) is -0.0912. The number of amidine groups is 1. The third-order valence-electron chi connectivity index (χ3n) is 2.66. The summed E-state index contributed by atoms with van der Waals surface area (Å²) in [6, 6.07) is 1.35. The number of nitrogen functional groups attached to an aromatic ring is 1. The van der Waals surface area contributed by atoms with Crippen LogP contribution in [0.15, 0.2) is 16.7 Å². The molecule has 0 spiro atoms. The van der Waals surface area contributed by atoms with Crippen molar-refractivity contribution in [2.45, 2.75) is 0 Å². The van der Waals surface area contributed by atoms with Gasteiger partial charge in [0.2, 0.25) is 11.8 Å². The van der Waals surface area contributed by atoms with Crippen LogP contribution in [0, 0.1) is 10.8 Å². The van der Waals surface area contributed by atoms with Crippen LogP contribution in [0.4, 0.5) is 5.82 Å². The number of carbonyl (C=O) groups excluding carboxylic acids is 1. The van der Waals surface area contributed by atoms with Crippen molar-refractivity contribution in [3.63, 3.8) is 0 Å². The van der Waals surface area contributed by atoms with Crippen molar-refractivity contribution in [1.82, 2.24) is 15.2 Å². The predicted octanol–water partition coefficient (Wildman–Crippen LogP) is 0.135. The lowest BCUT2D eigenvalue weighted by Crippen LogP contribution is -2.50. The van der Waals surface area contributed by atoms with Gasteiger partial charge >= 0.3 is 0 Å². The maximum absolute atomic E-state index is 11.2. The first kappa shape index (κ1) is 14.3. The molecular formula is C11H13BrN6O2. The van der Waals surface area contributed by atoms with Gasteiger partial charge in [0.05, 0.1) is 10.0 Å². The van der Waals surface area contributed by atoms with E-state index in [-0.39, 0.29) is 24.4 Å². The fourth-order valence-corrected chi connectivity index (χ4v) is 1.95. The lowest BCUT2D eigenvalue weighted by Gasteiger charge is -2.27. The van der Waals surface area contributed by atoms with Crippen LogP contribution in [0.5, 0.6) is 0 Å². The van der Waals surface area contributed by atoms with E-state index in [1.165, 1.54) is 11.1 Å². The van der Waals surface area contributed by atoms with Crippen molar-refractivity contribution < 1.29 is 9.53 Å². The fourth-order valence-electron chi connectivity index (χ4n) is 1.60. The van der Waals surface area contributed by atoms with Crippen molar-refractivity contribution in [2.75, 3.05) is 25.4 Å². The van der Waals surface area contributed by atoms with Gasteiger partial charge in [-0.1, -0.05) is 0 Å². The van der Waals surface area contributed by atoms with Gasteiger partial charge in [0.15, 0.2) is 0 Å². The second-order valence-corrected chi connectivity index (χ2v) is 4.95. The highest BCUT2D eigenvalue weighted by molar-refractivity contribution is 9.10. The van der Waals surface area contributed by atoms with Crippen molar-refractivity contribution in [3.05, 3.63) is 22.3 Å². The molecule has 1 aliphatic rings. The summed E-state index contributed by atoms with van der Waals surface area (Å²) in [5, 5.41) is 18.2. The molecule has 0 radical (unpaired) electrons. The predicted molar refractivity (Wildman–Crippen MR) is 76.6 cm³/mol. The molecule has 1 aromatic heterocycles. The van der Waals surface area contributed by atoms with Gasteiger partial charge in [-0.3, -0.25) is 15.6 Å². The van der Waals surface area contributed by atoms with Crippen LogP contribution in [0.25, 0.3) is 0 Å². The number of piperazine rings is 1. The van der Waals surface area contributed by atoms with E-state index in [9.17, 15) is 4.79 Å². The standard InChI is InChI=1S/C11H13BrN6O2/c12-7-3-6(4-17-9(7)13)10(14)20-11(15)18-2-1-16-8(19)5-18/h3-4,14-15H,1-2,5H2,(H2,13,17)(H,16,19). The number of pyridine rings is 1. The highest BCUT2D eigenvalue weighted by atomic mass is 79.9. The number of nitrogens with zero attached hydrogens (tertiary/aromatic N) is 2. The third kappa shape index (κ3) is 3.23. The molecule has 0 aliphatic carbocycles. The summed E-state index contributed by atoms with van der Waals surface area (Å²) in [6.07, 6.45) is 1.39. The van der Waals surface area contributed by atoms with Gasteiger partial charge in [0.1, 0.15) is 12.4 Å². The number of hydrogen-bond donors (Lipinski definition) is 4. The summed E-state index contributed by atoms with van der Waals surface area (Å²) in [4.78, 5) is 16.6. The molecule has 8 nitrogen and oxygen atoms in total. The molecular weight excluding hydrogens is 328 g/mol. The molecule has 9 heteroatoms. The minimum absolute atomic E-state index is 0.0514. The van der Waals surface area contributed by atoms with Crippen LogP contribution >= 0.6 is 15.9 Å². The third-order valence-corrected chi connectivity index (χ3v) is 3.29. The molecule has 0 unspecified atom stereocenters. The molecule has 20 heavy (non-hydrogen) atoms. The van der Waals surface area contributed by atoms with Crippen molar-refractivity contribution in [3.8, 4) is 0 Å². The maximum atomic E-state index is 11.2. The van der Waals surface area contributed by atoms with Gasteiger partial charge in [-0.2, -0.15) is 0 Å². The molecule has 1 aliphatic heterocycles. The maximum Gasteiger partial charge on any atom is 0.291 e. The van der Waals surface area contributed by atoms with E-state index in [1.807, 2.05) is 0 Å². The van der Waals surface area contributed by atoms with E-state index in [4.69, 9.17) is 21.3 Å². The van der Waals surface area contributed by atoms with Gasteiger partial charge in [0.25, 0.3) is 6.02 Å². The number of hydrogen-bond acceptors (Lipinski definition) is 6. The number of aromatic nitrogens is 1. The van der Waals surface area contributed by atoms with Gasteiger partial charge in [-0.25, -0.2) is 4.98 Å². The van der Waals surface area contributed by atoms with Gasteiger partial charge in [-0.05, 0) is 22.0 Å².